The second kappa shape index (κ2) is 11.0. The summed E-state index contributed by atoms with van der Waals surface area (Å²) in [5.41, 5.74) is 0.337. The Hall–Kier alpha value is -1.56. The molecule has 0 spiro atoms. The summed E-state index contributed by atoms with van der Waals surface area (Å²) < 4.78 is 45.8. The Morgan fingerprint density at radius 3 is 2.38 bits per heavy atom. The second-order valence-electron chi connectivity index (χ2n) is 6.50. The van der Waals surface area contributed by atoms with Crippen LogP contribution in [0, 0.1) is 13.8 Å². The molecule has 1 aromatic heterocycles. The minimum absolute atomic E-state index is 0. The predicted octanol–water partition coefficient (Wildman–Crippen LogP) is 5.05. The van der Waals surface area contributed by atoms with E-state index < -0.39 is 11.7 Å². The van der Waals surface area contributed by atoms with Crippen molar-refractivity contribution in [1.29, 1.82) is 0 Å². The standard InChI is InChI=1S/C19H25F3N4OS.HI/c1-11(2)27-15-7-6-14(16(8-15)19(20,21)22)9-24-18(23-5)25-10-17-12(3)26-13(4)28-17;/h6-8,11H,9-10H2,1-5H3,(H2,23,24,25);1H. The Morgan fingerprint density at radius 1 is 1.21 bits per heavy atom. The van der Waals surface area contributed by atoms with Crippen molar-refractivity contribution in [3.63, 3.8) is 0 Å². The van der Waals surface area contributed by atoms with Gasteiger partial charge in [-0.15, -0.1) is 35.3 Å². The zero-order valence-electron chi connectivity index (χ0n) is 17.0. The molecule has 0 amide bonds. The number of halogens is 4. The smallest absolute Gasteiger partial charge is 0.416 e. The molecule has 0 aliphatic rings. The van der Waals surface area contributed by atoms with Crippen LogP contribution < -0.4 is 15.4 Å². The summed E-state index contributed by atoms with van der Waals surface area (Å²) in [7, 11) is 1.57. The molecule has 29 heavy (non-hydrogen) atoms. The van der Waals surface area contributed by atoms with Crippen LogP contribution in [0.5, 0.6) is 5.75 Å². The molecule has 2 rings (SSSR count). The molecule has 2 aromatic rings. The number of nitrogens with one attached hydrogen (secondary N) is 2. The first-order valence-corrected chi connectivity index (χ1v) is 9.66. The highest BCUT2D eigenvalue weighted by Crippen LogP contribution is 2.34. The SMILES string of the molecule is CN=C(NCc1ccc(OC(C)C)cc1C(F)(F)F)NCc1sc(C)nc1C.I. The van der Waals surface area contributed by atoms with Gasteiger partial charge in [-0.3, -0.25) is 4.99 Å². The molecule has 0 aliphatic carbocycles. The zero-order chi connectivity index (χ0) is 20.9. The molecule has 2 N–H and O–H groups in total. The number of aliphatic imine (C=N–C) groups is 1. The van der Waals surface area contributed by atoms with Crippen LogP contribution in [-0.2, 0) is 19.3 Å². The summed E-state index contributed by atoms with van der Waals surface area (Å²) in [6.07, 6.45) is -4.67. The summed E-state index contributed by atoms with van der Waals surface area (Å²) in [6, 6.07) is 4.01. The van der Waals surface area contributed by atoms with Crippen LogP contribution >= 0.6 is 35.3 Å². The average Bonchev–Trinajstić information content (AvgIpc) is 2.92. The number of alkyl halides is 3. The van der Waals surface area contributed by atoms with Gasteiger partial charge in [-0.05, 0) is 45.4 Å². The minimum Gasteiger partial charge on any atom is -0.491 e. The quantitative estimate of drug-likeness (QED) is 0.305. The predicted molar refractivity (Wildman–Crippen MR) is 121 cm³/mol. The van der Waals surface area contributed by atoms with Gasteiger partial charge < -0.3 is 15.4 Å². The summed E-state index contributed by atoms with van der Waals surface area (Å²) in [4.78, 5) is 9.49. The minimum atomic E-state index is -4.47. The number of hydrogen-bond donors (Lipinski definition) is 2. The molecule has 10 heteroatoms. The molecule has 1 aromatic carbocycles. The molecule has 5 nitrogen and oxygen atoms in total. The van der Waals surface area contributed by atoms with E-state index >= 15 is 0 Å². The Bertz CT molecular complexity index is 837. The van der Waals surface area contributed by atoms with Crippen LogP contribution in [-0.4, -0.2) is 24.1 Å². The van der Waals surface area contributed by atoms with Crippen LogP contribution in [0.4, 0.5) is 13.2 Å². The van der Waals surface area contributed by atoms with Gasteiger partial charge in [-0.2, -0.15) is 13.2 Å². The number of hydrogen-bond acceptors (Lipinski definition) is 4. The molecule has 0 bridgehead atoms. The molecule has 0 saturated heterocycles. The molecule has 0 unspecified atom stereocenters. The molecule has 162 valence electrons. The number of rotatable bonds is 6. The fourth-order valence-electron chi connectivity index (χ4n) is 2.62. The number of ether oxygens (including phenoxy) is 1. The van der Waals surface area contributed by atoms with Crippen LogP contribution in [0.15, 0.2) is 23.2 Å². The van der Waals surface area contributed by atoms with E-state index in [1.165, 1.54) is 6.07 Å². The number of guanidine groups is 1. The van der Waals surface area contributed by atoms with Crippen molar-refractivity contribution < 1.29 is 17.9 Å². The average molecular weight is 542 g/mol. The first-order chi connectivity index (χ1) is 13.1. The van der Waals surface area contributed by atoms with E-state index in [4.69, 9.17) is 4.74 Å². The van der Waals surface area contributed by atoms with Gasteiger partial charge in [0.05, 0.1) is 28.9 Å². The normalized spacial score (nSPS) is 12.0. The lowest BCUT2D eigenvalue weighted by Crippen LogP contribution is -2.36. The van der Waals surface area contributed by atoms with E-state index in [-0.39, 0.29) is 47.9 Å². The maximum Gasteiger partial charge on any atom is 0.416 e. The Labute approximate surface area is 190 Å². The molecule has 0 fully saturated rings. The van der Waals surface area contributed by atoms with Crippen LogP contribution in [0.2, 0.25) is 0 Å². The van der Waals surface area contributed by atoms with Gasteiger partial charge >= 0.3 is 6.18 Å². The van der Waals surface area contributed by atoms with Gasteiger partial charge in [0.25, 0.3) is 0 Å². The van der Waals surface area contributed by atoms with Gasteiger partial charge in [-0.25, -0.2) is 4.98 Å². The summed E-state index contributed by atoms with van der Waals surface area (Å²) >= 11 is 1.57. The monoisotopic (exact) mass is 542 g/mol. The van der Waals surface area contributed by atoms with E-state index in [9.17, 15) is 13.2 Å². The first kappa shape index (κ1) is 25.5. The maximum atomic E-state index is 13.5. The molecule has 1 heterocycles. The molecule has 0 radical (unpaired) electrons. The van der Waals surface area contributed by atoms with Crippen molar-refractivity contribution in [2.24, 2.45) is 4.99 Å². The zero-order valence-corrected chi connectivity index (χ0v) is 20.1. The third-order valence-corrected chi connectivity index (χ3v) is 4.92. The van der Waals surface area contributed by atoms with E-state index in [2.05, 4.69) is 20.6 Å². The largest absolute Gasteiger partial charge is 0.491 e. The fraction of sp³-hybridized carbons (Fsp3) is 0.474. The Kier molecular flexibility index (Phi) is 9.66. The van der Waals surface area contributed by atoms with Gasteiger partial charge in [0.1, 0.15) is 5.75 Å². The topological polar surface area (TPSA) is 58.5 Å². The number of aromatic nitrogens is 1. The van der Waals surface area contributed by atoms with E-state index in [1.807, 2.05) is 13.8 Å². The Balaban J connectivity index is 0.00000420. The van der Waals surface area contributed by atoms with E-state index in [1.54, 1.807) is 38.3 Å². The third kappa shape index (κ3) is 7.65. The van der Waals surface area contributed by atoms with Crippen molar-refractivity contribution >= 4 is 41.3 Å². The number of benzene rings is 1. The summed E-state index contributed by atoms with van der Waals surface area (Å²) in [5, 5.41) is 7.01. The molecule has 0 saturated carbocycles. The van der Waals surface area contributed by atoms with Crippen molar-refractivity contribution in [2.45, 2.75) is 53.1 Å². The third-order valence-electron chi connectivity index (χ3n) is 3.84. The molecular formula is C19H26F3IN4OS. The number of thiazole rings is 1. The maximum absolute atomic E-state index is 13.5. The van der Waals surface area contributed by atoms with E-state index in [0.717, 1.165) is 21.6 Å². The van der Waals surface area contributed by atoms with Crippen molar-refractivity contribution in [1.82, 2.24) is 15.6 Å². The van der Waals surface area contributed by atoms with Crippen LogP contribution in [0.25, 0.3) is 0 Å². The highest BCUT2D eigenvalue weighted by atomic mass is 127. The lowest BCUT2D eigenvalue weighted by Gasteiger charge is -2.18. The second-order valence-corrected chi connectivity index (χ2v) is 7.79. The molecule has 0 aliphatic heterocycles. The number of nitrogens with zero attached hydrogens (tertiary/aromatic N) is 2. The van der Waals surface area contributed by atoms with Crippen LogP contribution in [0.3, 0.4) is 0 Å². The molecular weight excluding hydrogens is 516 g/mol. The van der Waals surface area contributed by atoms with Crippen molar-refractivity contribution in [3.8, 4) is 5.75 Å². The fourth-order valence-corrected chi connectivity index (χ4v) is 3.50. The highest BCUT2D eigenvalue weighted by molar-refractivity contribution is 14.0. The summed E-state index contributed by atoms with van der Waals surface area (Å²) in [6.45, 7) is 7.88. The van der Waals surface area contributed by atoms with Gasteiger partial charge in [-0.1, -0.05) is 6.07 Å². The lowest BCUT2D eigenvalue weighted by atomic mass is 10.1. The van der Waals surface area contributed by atoms with E-state index in [0.29, 0.717) is 12.5 Å². The summed E-state index contributed by atoms with van der Waals surface area (Å²) in [5.74, 6) is 0.616. The van der Waals surface area contributed by atoms with Crippen molar-refractivity contribution in [3.05, 3.63) is 44.9 Å². The van der Waals surface area contributed by atoms with Crippen molar-refractivity contribution in [2.75, 3.05) is 7.05 Å². The molecule has 0 atom stereocenters. The highest BCUT2D eigenvalue weighted by Gasteiger charge is 2.33. The first-order valence-electron chi connectivity index (χ1n) is 8.84. The van der Waals surface area contributed by atoms with Gasteiger partial charge in [0.15, 0.2) is 5.96 Å². The lowest BCUT2D eigenvalue weighted by molar-refractivity contribution is -0.138. The van der Waals surface area contributed by atoms with Gasteiger partial charge in [0.2, 0.25) is 0 Å². The number of aryl methyl sites for hydroxylation is 2. The Morgan fingerprint density at radius 2 is 1.86 bits per heavy atom. The van der Waals surface area contributed by atoms with Gasteiger partial charge in [0, 0.05) is 18.5 Å². The van der Waals surface area contributed by atoms with Crippen LogP contribution in [0.1, 0.15) is 40.6 Å².